The number of hydrogen-bond donors (Lipinski definition) is 0. The van der Waals surface area contributed by atoms with Crippen molar-refractivity contribution in [3.05, 3.63) is 9.93 Å². The highest BCUT2D eigenvalue weighted by molar-refractivity contribution is 8.13. The van der Waals surface area contributed by atoms with E-state index in [1.165, 1.54) is 9.93 Å². The lowest BCUT2D eigenvalue weighted by Gasteiger charge is -2.14. The van der Waals surface area contributed by atoms with E-state index in [0.717, 1.165) is 13.1 Å². The summed E-state index contributed by atoms with van der Waals surface area (Å²) in [4.78, 5) is 3.89. The largest absolute Gasteiger partial charge is 0.366 e. The fourth-order valence-corrected chi connectivity index (χ4v) is 1.67. The molecule has 0 saturated carbocycles. The molecule has 0 aromatic heterocycles. The Bertz CT molecular complexity index is 136. The van der Waals surface area contributed by atoms with Gasteiger partial charge in [-0.25, -0.2) is 0 Å². The molecule has 1 aliphatic heterocycles. The van der Waals surface area contributed by atoms with Gasteiger partial charge in [-0.1, -0.05) is 11.8 Å². The number of rotatable bonds is 3. The highest BCUT2D eigenvalue weighted by Crippen LogP contribution is 2.46. The van der Waals surface area contributed by atoms with Crippen molar-refractivity contribution in [2.75, 3.05) is 13.1 Å². The standard InChI is InChI=1S/C7H13NS/c1-4-8(5-2)7-6(3)9-7/h4-5H2,1-3H3. The van der Waals surface area contributed by atoms with Crippen LogP contribution < -0.4 is 0 Å². The summed E-state index contributed by atoms with van der Waals surface area (Å²) in [5.41, 5.74) is 0. The lowest BCUT2D eigenvalue weighted by atomic mass is 10.5. The van der Waals surface area contributed by atoms with Gasteiger partial charge in [0, 0.05) is 18.0 Å². The minimum Gasteiger partial charge on any atom is -0.366 e. The van der Waals surface area contributed by atoms with Crippen LogP contribution in [0.25, 0.3) is 0 Å². The molecule has 1 rings (SSSR count). The van der Waals surface area contributed by atoms with E-state index in [1.54, 1.807) is 0 Å². The van der Waals surface area contributed by atoms with Gasteiger partial charge in [-0.15, -0.1) is 0 Å². The van der Waals surface area contributed by atoms with E-state index in [9.17, 15) is 0 Å². The molecule has 0 bridgehead atoms. The zero-order chi connectivity index (χ0) is 6.85. The maximum atomic E-state index is 2.39. The second-order valence-electron chi connectivity index (χ2n) is 2.14. The summed E-state index contributed by atoms with van der Waals surface area (Å²) >= 11 is 1.91. The molecule has 1 nitrogen and oxygen atoms in total. The zero-order valence-corrected chi connectivity index (χ0v) is 7.09. The number of thioether (sulfide) groups is 1. The maximum absolute atomic E-state index is 2.39. The molecule has 0 aliphatic carbocycles. The molecule has 2 heteroatoms. The van der Waals surface area contributed by atoms with Crippen LogP contribution >= 0.6 is 11.8 Å². The molecule has 0 radical (unpaired) electrons. The van der Waals surface area contributed by atoms with E-state index in [4.69, 9.17) is 0 Å². The summed E-state index contributed by atoms with van der Waals surface area (Å²) in [6, 6.07) is 0. The average molecular weight is 143 g/mol. The molecule has 0 aromatic carbocycles. The maximum Gasteiger partial charge on any atom is 0.0851 e. The summed E-state index contributed by atoms with van der Waals surface area (Å²) in [5, 5.41) is 1.50. The molecule has 9 heavy (non-hydrogen) atoms. The molecule has 0 saturated heterocycles. The quantitative estimate of drug-likeness (QED) is 0.596. The zero-order valence-electron chi connectivity index (χ0n) is 6.27. The summed E-state index contributed by atoms with van der Waals surface area (Å²) in [5.74, 6) is 0. The van der Waals surface area contributed by atoms with Crippen LogP contribution in [0.5, 0.6) is 0 Å². The van der Waals surface area contributed by atoms with Gasteiger partial charge in [0.1, 0.15) is 0 Å². The molecule has 0 N–H and O–H groups in total. The third kappa shape index (κ3) is 1.42. The van der Waals surface area contributed by atoms with Crippen molar-refractivity contribution in [1.82, 2.24) is 4.90 Å². The first-order chi connectivity index (χ1) is 4.29. The van der Waals surface area contributed by atoms with Crippen molar-refractivity contribution < 1.29 is 0 Å². The van der Waals surface area contributed by atoms with Crippen LogP contribution in [0.15, 0.2) is 9.93 Å². The van der Waals surface area contributed by atoms with E-state index in [0.29, 0.717) is 0 Å². The first-order valence-electron chi connectivity index (χ1n) is 3.43. The van der Waals surface area contributed by atoms with Gasteiger partial charge < -0.3 is 4.90 Å². The second kappa shape index (κ2) is 2.65. The molecule has 0 amide bonds. The van der Waals surface area contributed by atoms with Gasteiger partial charge in [-0.3, -0.25) is 0 Å². The Morgan fingerprint density at radius 2 is 1.78 bits per heavy atom. The Morgan fingerprint density at radius 1 is 1.33 bits per heavy atom. The van der Waals surface area contributed by atoms with Crippen LogP contribution in [0.2, 0.25) is 0 Å². The summed E-state index contributed by atoms with van der Waals surface area (Å²) in [6.45, 7) is 8.87. The monoisotopic (exact) mass is 143 g/mol. The SMILES string of the molecule is CCN(CC)C1=C(C)S1. The van der Waals surface area contributed by atoms with Crippen LogP contribution in [0, 0.1) is 0 Å². The van der Waals surface area contributed by atoms with Gasteiger partial charge in [-0.05, 0) is 20.8 Å². The minimum atomic E-state index is 1.15. The molecule has 0 atom stereocenters. The van der Waals surface area contributed by atoms with Crippen molar-refractivity contribution in [2.45, 2.75) is 20.8 Å². The Balaban J connectivity index is 2.40. The van der Waals surface area contributed by atoms with Crippen LogP contribution in [-0.4, -0.2) is 18.0 Å². The molecule has 52 valence electrons. The molecule has 0 fully saturated rings. The summed E-state index contributed by atoms with van der Waals surface area (Å²) in [6.07, 6.45) is 0. The third-order valence-electron chi connectivity index (χ3n) is 1.56. The molecule has 1 heterocycles. The van der Waals surface area contributed by atoms with E-state index in [2.05, 4.69) is 25.7 Å². The molecule has 0 unspecified atom stereocenters. The van der Waals surface area contributed by atoms with Gasteiger partial charge in [0.2, 0.25) is 0 Å². The van der Waals surface area contributed by atoms with Crippen molar-refractivity contribution in [3.63, 3.8) is 0 Å². The minimum absolute atomic E-state index is 1.15. The van der Waals surface area contributed by atoms with Crippen molar-refractivity contribution in [3.8, 4) is 0 Å². The molecule has 0 aromatic rings. The fraction of sp³-hybridized carbons (Fsp3) is 0.714. The highest BCUT2D eigenvalue weighted by Gasteiger charge is 2.22. The molecule has 0 spiro atoms. The number of nitrogens with zero attached hydrogens (tertiary/aromatic N) is 1. The van der Waals surface area contributed by atoms with Gasteiger partial charge in [0.15, 0.2) is 0 Å². The van der Waals surface area contributed by atoms with Crippen molar-refractivity contribution in [2.24, 2.45) is 0 Å². The number of allylic oxidation sites excluding steroid dienone is 1. The van der Waals surface area contributed by atoms with E-state index in [1.807, 2.05) is 11.8 Å². The Labute approximate surface area is 61.1 Å². The summed E-state index contributed by atoms with van der Waals surface area (Å²) in [7, 11) is 0. The second-order valence-corrected chi connectivity index (χ2v) is 3.34. The lowest BCUT2D eigenvalue weighted by Crippen LogP contribution is -2.16. The highest BCUT2D eigenvalue weighted by atomic mass is 32.2. The van der Waals surface area contributed by atoms with E-state index >= 15 is 0 Å². The van der Waals surface area contributed by atoms with Crippen LogP contribution in [0.3, 0.4) is 0 Å². The topological polar surface area (TPSA) is 3.24 Å². The normalized spacial score (nSPS) is 16.3. The molecular formula is C7H13NS. The number of hydrogen-bond acceptors (Lipinski definition) is 2. The van der Waals surface area contributed by atoms with Crippen molar-refractivity contribution in [1.29, 1.82) is 0 Å². The van der Waals surface area contributed by atoms with Gasteiger partial charge in [0.05, 0.1) is 5.03 Å². The third-order valence-corrected chi connectivity index (χ3v) is 2.61. The van der Waals surface area contributed by atoms with Crippen LogP contribution in [0.1, 0.15) is 20.8 Å². The smallest absolute Gasteiger partial charge is 0.0851 e. The lowest BCUT2D eigenvalue weighted by molar-refractivity contribution is 0.413. The Kier molecular flexibility index (Phi) is 2.06. The summed E-state index contributed by atoms with van der Waals surface area (Å²) < 4.78 is 0. The predicted molar refractivity (Wildman–Crippen MR) is 43.2 cm³/mol. The van der Waals surface area contributed by atoms with Crippen molar-refractivity contribution >= 4 is 11.8 Å². The Hall–Kier alpha value is -0.110. The fourth-order valence-electron chi connectivity index (χ4n) is 0.918. The first-order valence-corrected chi connectivity index (χ1v) is 4.25. The molecular weight excluding hydrogens is 130 g/mol. The van der Waals surface area contributed by atoms with E-state index < -0.39 is 0 Å². The predicted octanol–water partition coefficient (Wildman–Crippen LogP) is 2.26. The van der Waals surface area contributed by atoms with Crippen LogP contribution in [0.4, 0.5) is 0 Å². The van der Waals surface area contributed by atoms with E-state index in [-0.39, 0.29) is 0 Å². The Morgan fingerprint density at radius 3 is 1.89 bits per heavy atom. The van der Waals surface area contributed by atoms with Crippen LogP contribution in [-0.2, 0) is 0 Å². The van der Waals surface area contributed by atoms with Gasteiger partial charge >= 0.3 is 0 Å². The first kappa shape index (κ1) is 7.00. The van der Waals surface area contributed by atoms with Gasteiger partial charge in [0.25, 0.3) is 0 Å². The molecule has 1 aliphatic rings. The average Bonchev–Trinajstić information content (AvgIpc) is 2.51. The van der Waals surface area contributed by atoms with Gasteiger partial charge in [-0.2, -0.15) is 0 Å².